The molecule has 1 aromatic heterocycles. The average molecular weight is 296 g/mol. The maximum atomic E-state index is 9.49. The van der Waals surface area contributed by atoms with Crippen molar-refractivity contribution in [1.29, 1.82) is 0 Å². The van der Waals surface area contributed by atoms with Crippen LogP contribution in [-0.4, -0.2) is 27.9 Å². The fourth-order valence-corrected chi connectivity index (χ4v) is 2.29. The Morgan fingerprint density at radius 2 is 2.10 bits per heavy atom. The minimum absolute atomic E-state index is 0. The zero-order valence-corrected chi connectivity index (χ0v) is 12.1. The fraction of sp³-hybridized carbons (Fsp3) is 0.429. The average Bonchev–Trinajstić information content (AvgIpc) is 3.07. The van der Waals surface area contributed by atoms with Crippen molar-refractivity contribution >= 4 is 12.4 Å². The van der Waals surface area contributed by atoms with Crippen LogP contribution >= 0.6 is 12.4 Å². The molecule has 6 heteroatoms. The lowest BCUT2D eigenvalue weighted by atomic mass is 10.1. The molecule has 1 aliphatic rings. The SMILES string of the molecule is CCc1ccc(-c2noc([C@H]3C[C@H](O)CN3)n2)cc1.Cl. The highest BCUT2D eigenvalue weighted by atomic mass is 35.5. The van der Waals surface area contributed by atoms with E-state index in [1.807, 2.05) is 12.1 Å². The van der Waals surface area contributed by atoms with E-state index >= 15 is 0 Å². The van der Waals surface area contributed by atoms with Gasteiger partial charge in [-0.05, 0) is 18.4 Å². The van der Waals surface area contributed by atoms with Crippen molar-refractivity contribution in [1.82, 2.24) is 15.5 Å². The molecule has 1 aliphatic heterocycles. The van der Waals surface area contributed by atoms with Crippen LogP contribution in [0.4, 0.5) is 0 Å². The first-order chi connectivity index (χ1) is 9.26. The van der Waals surface area contributed by atoms with Crippen molar-refractivity contribution in [2.24, 2.45) is 0 Å². The normalized spacial score (nSPS) is 21.7. The Hall–Kier alpha value is -1.43. The fourth-order valence-electron chi connectivity index (χ4n) is 2.29. The predicted octanol–water partition coefficient (Wildman–Crippen LogP) is 2.12. The molecule has 2 N–H and O–H groups in total. The van der Waals surface area contributed by atoms with Gasteiger partial charge in [0.15, 0.2) is 0 Å². The van der Waals surface area contributed by atoms with Gasteiger partial charge in [-0.2, -0.15) is 4.98 Å². The molecule has 0 spiro atoms. The van der Waals surface area contributed by atoms with Crippen LogP contribution in [0.1, 0.15) is 30.8 Å². The smallest absolute Gasteiger partial charge is 0.244 e. The molecule has 2 atom stereocenters. The molecule has 1 aromatic carbocycles. The first kappa shape index (κ1) is 15.0. The number of hydrogen-bond acceptors (Lipinski definition) is 5. The van der Waals surface area contributed by atoms with Gasteiger partial charge in [-0.25, -0.2) is 0 Å². The van der Waals surface area contributed by atoms with Crippen LogP contribution in [0, 0.1) is 0 Å². The number of nitrogens with one attached hydrogen (secondary N) is 1. The minimum Gasteiger partial charge on any atom is -0.392 e. The molecule has 0 amide bonds. The Labute approximate surface area is 123 Å². The monoisotopic (exact) mass is 295 g/mol. The van der Waals surface area contributed by atoms with Crippen molar-refractivity contribution in [2.45, 2.75) is 31.9 Å². The van der Waals surface area contributed by atoms with E-state index in [0.717, 1.165) is 12.0 Å². The number of benzene rings is 1. The van der Waals surface area contributed by atoms with E-state index in [1.165, 1.54) is 5.56 Å². The van der Waals surface area contributed by atoms with Crippen molar-refractivity contribution in [3.63, 3.8) is 0 Å². The molecule has 2 aromatic rings. The van der Waals surface area contributed by atoms with Gasteiger partial charge in [-0.1, -0.05) is 36.3 Å². The Morgan fingerprint density at radius 3 is 2.70 bits per heavy atom. The van der Waals surface area contributed by atoms with Crippen LogP contribution in [0.3, 0.4) is 0 Å². The summed E-state index contributed by atoms with van der Waals surface area (Å²) >= 11 is 0. The largest absolute Gasteiger partial charge is 0.392 e. The second-order valence-electron chi connectivity index (χ2n) is 4.86. The van der Waals surface area contributed by atoms with Crippen molar-refractivity contribution in [3.8, 4) is 11.4 Å². The van der Waals surface area contributed by atoms with Gasteiger partial charge >= 0.3 is 0 Å². The van der Waals surface area contributed by atoms with Gasteiger partial charge in [0.05, 0.1) is 12.1 Å². The third kappa shape index (κ3) is 3.00. The third-order valence-corrected chi connectivity index (χ3v) is 3.47. The van der Waals surface area contributed by atoms with Crippen LogP contribution in [-0.2, 0) is 6.42 Å². The number of β-amino-alcohol motifs (C(OH)–C–C–N with tert-alkyl or cyclic N) is 1. The molecule has 0 aliphatic carbocycles. The summed E-state index contributed by atoms with van der Waals surface area (Å²) in [5.41, 5.74) is 2.23. The van der Waals surface area contributed by atoms with E-state index in [4.69, 9.17) is 4.52 Å². The summed E-state index contributed by atoms with van der Waals surface area (Å²) in [6.07, 6.45) is 1.31. The van der Waals surface area contributed by atoms with E-state index in [-0.39, 0.29) is 24.6 Å². The number of hydrogen-bond donors (Lipinski definition) is 2. The lowest BCUT2D eigenvalue weighted by Crippen LogP contribution is -2.15. The first-order valence-electron chi connectivity index (χ1n) is 6.60. The predicted molar refractivity (Wildman–Crippen MR) is 77.7 cm³/mol. The quantitative estimate of drug-likeness (QED) is 0.907. The highest BCUT2D eigenvalue weighted by molar-refractivity contribution is 5.85. The van der Waals surface area contributed by atoms with Crippen LogP contribution in [0.25, 0.3) is 11.4 Å². The number of rotatable bonds is 3. The molecular formula is C14H18ClN3O2. The van der Waals surface area contributed by atoms with E-state index < -0.39 is 0 Å². The molecule has 0 saturated carbocycles. The molecule has 5 nitrogen and oxygen atoms in total. The molecule has 2 heterocycles. The van der Waals surface area contributed by atoms with E-state index in [9.17, 15) is 5.11 Å². The highest BCUT2D eigenvalue weighted by Gasteiger charge is 2.28. The van der Waals surface area contributed by atoms with Gasteiger partial charge in [-0.3, -0.25) is 0 Å². The summed E-state index contributed by atoms with van der Waals surface area (Å²) in [5, 5.41) is 16.7. The Balaban J connectivity index is 0.00000147. The number of aliphatic hydroxyl groups is 1. The second-order valence-corrected chi connectivity index (χ2v) is 4.86. The topological polar surface area (TPSA) is 71.2 Å². The molecule has 0 unspecified atom stereocenters. The molecule has 1 saturated heterocycles. The maximum Gasteiger partial charge on any atom is 0.244 e. The van der Waals surface area contributed by atoms with Crippen LogP contribution in [0.5, 0.6) is 0 Å². The maximum absolute atomic E-state index is 9.49. The molecule has 3 rings (SSSR count). The van der Waals surface area contributed by atoms with Crippen molar-refractivity contribution in [2.75, 3.05) is 6.54 Å². The lowest BCUT2D eigenvalue weighted by Gasteiger charge is -2.01. The molecule has 0 radical (unpaired) electrons. The zero-order chi connectivity index (χ0) is 13.2. The Bertz CT molecular complexity index is 556. The number of halogens is 1. The molecule has 20 heavy (non-hydrogen) atoms. The second kappa shape index (κ2) is 6.35. The van der Waals surface area contributed by atoms with Crippen molar-refractivity contribution in [3.05, 3.63) is 35.7 Å². The van der Waals surface area contributed by atoms with Crippen LogP contribution in [0.15, 0.2) is 28.8 Å². The van der Waals surface area contributed by atoms with Crippen molar-refractivity contribution < 1.29 is 9.63 Å². The number of nitrogens with zero attached hydrogens (tertiary/aromatic N) is 2. The molecular weight excluding hydrogens is 278 g/mol. The Morgan fingerprint density at radius 1 is 1.35 bits per heavy atom. The number of aryl methyl sites for hydroxylation is 1. The summed E-state index contributed by atoms with van der Waals surface area (Å²) in [4.78, 5) is 4.40. The summed E-state index contributed by atoms with van der Waals surface area (Å²) in [6, 6.07) is 8.12. The number of aromatic nitrogens is 2. The van der Waals surface area contributed by atoms with E-state index in [2.05, 4.69) is 34.5 Å². The minimum atomic E-state index is -0.329. The van der Waals surface area contributed by atoms with Gasteiger partial charge in [0, 0.05) is 12.1 Å². The number of aliphatic hydroxyl groups excluding tert-OH is 1. The first-order valence-corrected chi connectivity index (χ1v) is 6.60. The molecule has 0 bridgehead atoms. The van der Waals surface area contributed by atoms with Crippen LogP contribution < -0.4 is 5.32 Å². The standard InChI is InChI=1S/C14H17N3O2.ClH/c1-2-9-3-5-10(6-4-9)13-16-14(19-17-13)12-7-11(18)8-15-12;/h3-6,11-12,15,18H,2,7-8H2,1H3;1H/t11-,12+;/m0./s1. The van der Waals surface area contributed by atoms with Gasteiger partial charge < -0.3 is 14.9 Å². The summed E-state index contributed by atoms with van der Waals surface area (Å²) in [6.45, 7) is 2.70. The molecule has 108 valence electrons. The lowest BCUT2D eigenvalue weighted by molar-refractivity contribution is 0.191. The highest BCUT2D eigenvalue weighted by Crippen LogP contribution is 2.24. The van der Waals surface area contributed by atoms with E-state index in [0.29, 0.717) is 24.7 Å². The third-order valence-electron chi connectivity index (χ3n) is 3.47. The molecule has 1 fully saturated rings. The zero-order valence-electron chi connectivity index (χ0n) is 11.2. The van der Waals surface area contributed by atoms with Gasteiger partial charge in [0.2, 0.25) is 11.7 Å². The summed E-state index contributed by atoms with van der Waals surface area (Å²) in [5.74, 6) is 1.15. The van der Waals surface area contributed by atoms with Gasteiger partial charge in [0.1, 0.15) is 0 Å². The van der Waals surface area contributed by atoms with E-state index in [1.54, 1.807) is 0 Å². The Kier molecular flexibility index (Phi) is 4.75. The van der Waals surface area contributed by atoms with Crippen LogP contribution in [0.2, 0.25) is 0 Å². The summed E-state index contributed by atoms with van der Waals surface area (Å²) < 4.78 is 5.27. The summed E-state index contributed by atoms with van der Waals surface area (Å²) in [7, 11) is 0. The van der Waals surface area contributed by atoms with Gasteiger partial charge in [0.25, 0.3) is 0 Å². The van der Waals surface area contributed by atoms with Gasteiger partial charge in [-0.15, -0.1) is 12.4 Å².